The minimum absolute atomic E-state index is 0.146. The minimum Gasteiger partial charge on any atom is -0.370 e. The molecular weight excluding hydrogens is 300 g/mol. The second-order valence-electron chi connectivity index (χ2n) is 5.47. The molecule has 0 bridgehead atoms. The molecule has 0 spiro atoms. The van der Waals surface area contributed by atoms with Gasteiger partial charge in [-0.1, -0.05) is 24.3 Å². The normalized spacial score (nSPS) is 10.5. The molecular formula is C19H20N4O. The first-order valence-corrected chi connectivity index (χ1v) is 7.92. The number of carbonyl (C=O) groups excluding carboxylic acids is 1. The standard InChI is InChI=1S/C19H20N4O/c1-2-10-21-19(24)15-7-8-18(23-13-15)20-11-9-14-12-22-17-6-4-3-5-16(14)17/h2-8,12-13,22H,1,9-11H2,(H,20,23)(H,21,24). The van der Waals surface area contributed by atoms with Crippen molar-refractivity contribution in [3.8, 4) is 0 Å². The zero-order chi connectivity index (χ0) is 16.8. The summed E-state index contributed by atoms with van der Waals surface area (Å²) in [7, 11) is 0. The second-order valence-corrected chi connectivity index (χ2v) is 5.47. The molecule has 0 saturated carbocycles. The van der Waals surface area contributed by atoms with Gasteiger partial charge in [-0.3, -0.25) is 4.79 Å². The van der Waals surface area contributed by atoms with Crippen LogP contribution in [0.1, 0.15) is 15.9 Å². The van der Waals surface area contributed by atoms with Gasteiger partial charge in [0.2, 0.25) is 0 Å². The number of H-pyrrole nitrogens is 1. The number of pyridine rings is 1. The number of rotatable bonds is 7. The van der Waals surface area contributed by atoms with E-state index in [9.17, 15) is 4.79 Å². The third-order valence-corrected chi connectivity index (χ3v) is 3.81. The summed E-state index contributed by atoms with van der Waals surface area (Å²) < 4.78 is 0. The molecule has 2 heterocycles. The lowest BCUT2D eigenvalue weighted by Crippen LogP contribution is -2.23. The first kappa shape index (κ1) is 15.8. The highest BCUT2D eigenvalue weighted by Crippen LogP contribution is 2.18. The first-order chi connectivity index (χ1) is 11.8. The highest BCUT2D eigenvalue weighted by molar-refractivity contribution is 5.94. The van der Waals surface area contributed by atoms with Crippen molar-refractivity contribution in [2.24, 2.45) is 0 Å². The van der Waals surface area contributed by atoms with Crippen LogP contribution in [0, 0.1) is 0 Å². The quantitative estimate of drug-likeness (QED) is 0.586. The van der Waals surface area contributed by atoms with Gasteiger partial charge in [0.25, 0.3) is 5.91 Å². The van der Waals surface area contributed by atoms with Gasteiger partial charge in [-0.05, 0) is 30.2 Å². The SMILES string of the molecule is C=CCNC(=O)c1ccc(NCCc2c[nH]c3ccccc23)nc1. The number of aromatic amines is 1. The monoisotopic (exact) mass is 320 g/mol. The maximum Gasteiger partial charge on any atom is 0.253 e. The van der Waals surface area contributed by atoms with Gasteiger partial charge in [-0.2, -0.15) is 0 Å². The van der Waals surface area contributed by atoms with Gasteiger partial charge in [0.05, 0.1) is 5.56 Å². The predicted molar refractivity (Wildman–Crippen MR) is 97.3 cm³/mol. The molecule has 0 aliphatic rings. The lowest BCUT2D eigenvalue weighted by atomic mass is 10.1. The van der Waals surface area contributed by atoms with Gasteiger partial charge in [0.1, 0.15) is 5.82 Å². The van der Waals surface area contributed by atoms with Crippen LogP contribution in [0.25, 0.3) is 10.9 Å². The molecule has 1 amide bonds. The maximum absolute atomic E-state index is 11.8. The van der Waals surface area contributed by atoms with E-state index in [1.165, 1.54) is 10.9 Å². The van der Waals surface area contributed by atoms with Gasteiger partial charge in [0.15, 0.2) is 0 Å². The molecule has 0 unspecified atom stereocenters. The minimum atomic E-state index is -0.146. The summed E-state index contributed by atoms with van der Waals surface area (Å²) in [5.74, 6) is 0.614. The summed E-state index contributed by atoms with van der Waals surface area (Å²) in [6, 6.07) is 11.8. The number of hydrogen-bond donors (Lipinski definition) is 3. The third-order valence-electron chi connectivity index (χ3n) is 3.81. The molecule has 0 aliphatic carbocycles. The van der Waals surface area contributed by atoms with E-state index in [-0.39, 0.29) is 5.91 Å². The zero-order valence-corrected chi connectivity index (χ0v) is 13.4. The third kappa shape index (κ3) is 3.63. The van der Waals surface area contributed by atoms with Crippen molar-refractivity contribution in [3.05, 3.63) is 72.6 Å². The lowest BCUT2D eigenvalue weighted by Gasteiger charge is -2.06. The summed E-state index contributed by atoms with van der Waals surface area (Å²) in [6.45, 7) is 4.79. The van der Waals surface area contributed by atoms with E-state index in [2.05, 4.69) is 39.3 Å². The lowest BCUT2D eigenvalue weighted by molar-refractivity contribution is 0.0957. The number of para-hydroxylation sites is 1. The Morgan fingerprint density at radius 2 is 2.12 bits per heavy atom. The van der Waals surface area contributed by atoms with Crippen LogP contribution in [0.5, 0.6) is 0 Å². The predicted octanol–water partition coefficient (Wildman–Crippen LogP) is 3.13. The van der Waals surface area contributed by atoms with E-state index in [4.69, 9.17) is 0 Å². The van der Waals surface area contributed by atoms with Crippen molar-refractivity contribution in [1.29, 1.82) is 0 Å². The molecule has 3 N–H and O–H groups in total. The number of carbonyl (C=O) groups is 1. The molecule has 24 heavy (non-hydrogen) atoms. The van der Waals surface area contributed by atoms with E-state index in [0.717, 1.165) is 24.3 Å². The van der Waals surface area contributed by atoms with E-state index in [1.54, 1.807) is 18.3 Å². The summed E-state index contributed by atoms with van der Waals surface area (Å²) >= 11 is 0. The Kier molecular flexibility index (Phi) is 4.91. The Morgan fingerprint density at radius 1 is 1.25 bits per heavy atom. The van der Waals surface area contributed by atoms with Crippen LogP contribution in [0.3, 0.4) is 0 Å². The fraction of sp³-hybridized carbons (Fsp3) is 0.158. The van der Waals surface area contributed by atoms with Crippen molar-refractivity contribution >= 4 is 22.6 Å². The molecule has 0 atom stereocenters. The molecule has 3 rings (SSSR count). The number of hydrogen-bond acceptors (Lipinski definition) is 3. The van der Waals surface area contributed by atoms with Gasteiger partial charge >= 0.3 is 0 Å². The largest absolute Gasteiger partial charge is 0.370 e. The molecule has 122 valence electrons. The smallest absolute Gasteiger partial charge is 0.253 e. The highest BCUT2D eigenvalue weighted by Gasteiger charge is 2.05. The molecule has 5 heteroatoms. The van der Waals surface area contributed by atoms with Crippen LogP contribution >= 0.6 is 0 Å². The number of fused-ring (bicyclic) bond motifs is 1. The maximum atomic E-state index is 11.8. The van der Waals surface area contributed by atoms with Crippen molar-refractivity contribution in [1.82, 2.24) is 15.3 Å². The first-order valence-electron chi connectivity index (χ1n) is 7.92. The summed E-state index contributed by atoms with van der Waals surface area (Å²) in [5.41, 5.74) is 2.97. The Balaban J connectivity index is 1.55. The summed E-state index contributed by atoms with van der Waals surface area (Å²) in [5, 5.41) is 7.26. The van der Waals surface area contributed by atoms with Crippen molar-refractivity contribution in [2.75, 3.05) is 18.4 Å². The van der Waals surface area contributed by atoms with Crippen LogP contribution in [0.4, 0.5) is 5.82 Å². The van der Waals surface area contributed by atoms with E-state index < -0.39 is 0 Å². The number of benzene rings is 1. The molecule has 2 aromatic heterocycles. The van der Waals surface area contributed by atoms with Crippen LogP contribution in [0.2, 0.25) is 0 Å². The Hall–Kier alpha value is -3.08. The molecule has 1 aromatic carbocycles. The van der Waals surface area contributed by atoms with Crippen molar-refractivity contribution in [3.63, 3.8) is 0 Å². The molecule has 3 aromatic rings. The second kappa shape index (κ2) is 7.46. The van der Waals surface area contributed by atoms with Crippen LogP contribution < -0.4 is 10.6 Å². The van der Waals surface area contributed by atoms with Crippen LogP contribution in [-0.2, 0) is 6.42 Å². The Labute approximate surface area is 140 Å². The number of nitrogens with zero attached hydrogens (tertiary/aromatic N) is 1. The Bertz CT molecular complexity index is 836. The van der Waals surface area contributed by atoms with E-state index in [0.29, 0.717) is 12.1 Å². The van der Waals surface area contributed by atoms with E-state index >= 15 is 0 Å². The topological polar surface area (TPSA) is 69.8 Å². The number of aromatic nitrogens is 2. The fourth-order valence-electron chi connectivity index (χ4n) is 2.56. The fourth-order valence-corrected chi connectivity index (χ4v) is 2.56. The molecule has 5 nitrogen and oxygen atoms in total. The Morgan fingerprint density at radius 3 is 2.92 bits per heavy atom. The number of anilines is 1. The average Bonchev–Trinajstić information content (AvgIpc) is 3.03. The summed E-state index contributed by atoms with van der Waals surface area (Å²) in [4.78, 5) is 19.3. The van der Waals surface area contributed by atoms with Crippen molar-refractivity contribution < 1.29 is 4.79 Å². The molecule has 0 fully saturated rings. The average molecular weight is 320 g/mol. The number of nitrogens with one attached hydrogen (secondary N) is 3. The number of amides is 1. The van der Waals surface area contributed by atoms with Gasteiger partial charge < -0.3 is 15.6 Å². The molecule has 0 radical (unpaired) electrons. The molecule has 0 aliphatic heterocycles. The van der Waals surface area contributed by atoms with Crippen molar-refractivity contribution in [2.45, 2.75) is 6.42 Å². The van der Waals surface area contributed by atoms with E-state index in [1.807, 2.05) is 24.4 Å². The van der Waals surface area contributed by atoms with Crippen LogP contribution in [-0.4, -0.2) is 29.0 Å². The van der Waals surface area contributed by atoms with Crippen LogP contribution in [0.15, 0.2) is 61.4 Å². The van der Waals surface area contributed by atoms with Gasteiger partial charge in [-0.15, -0.1) is 6.58 Å². The highest BCUT2D eigenvalue weighted by atomic mass is 16.1. The molecule has 0 saturated heterocycles. The summed E-state index contributed by atoms with van der Waals surface area (Å²) in [6.07, 6.45) is 6.17. The van der Waals surface area contributed by atoms with Gasteiger partial charge in [-0.25, -0.2) is 4.98 Å². The zero-order valence-electron chi connectivity index (χ0n) is 13.4. The van der Waals surface area contributed by atoms with Gasteiger partial charge in [0, 0.05) is 36.4 Å².